The predicted octanol–water partition coefficient (Wildman–Crippen LogP) is 3.29. The number of amides is 1. The molecule has 2 N–H and O–H groups in total. The lowest BCUT2D eigenvalue weighted by atomic mass is 10.0. The van der Waals surface area contributed by atoms with Crippen molar-refractivity contribution in [1.29, 1.82) is 0 Å². The number of rotatable bonds is 3. The summed E-state index contributed by atoms with van der Waals surface area (Å²) in [7, 11) is 2.08. The summed E-state index contributed by atoms with van der Waals surface area (Å²) in [5, 5.41) is 5.93. The van der Waals surface area contributed by atoms with Crippen LogP contribution in [0, 0.1) is 12.7 Å². The minimum Gasteiger partial charge on any atom is -0.367 e. The molecule has 140 valence electrons. The number of fused-ring (bicyclic) bond motifs is 1. The van der Waals surface area contributed by atoms with Crippen LogP contribution in [0.3, 0.4) is 0 Å². The number of carbonyl (C=O) groups excluding carboxylic acids is 1. The van der Waals surface area contributed by atoms with Crippen LogP contribution in [0.1, 0.15) is 11.1 Å². The number of likely N-dealkylation sites (N-methyl/N-ethyl adjacent to an activating group) is 1. The SMILES string of the molecule is Cc1cccc2c1/C(=C\Nc1ccc(N3CCN(C)CC3)c(F)c1)C(=O)N2. The van der Waals surface area contributed by atoms with Gasteiger partial charge in [0, 0.05) is 49.3 Å². The van der Waals surface area contributed by atoms with Crippen molar-refractivity contribution >= 4 is 28.5 Å². The van der Waals surface area contributed by atoms with E-state index in [9.17, 15) is 9.18 Å². The van der Waals surface area contributed by atoms with Crippen molar-refractivity contribution in [3.8, 4) is 0 Å². The van der Waals surface area contributed by atoms with Crippen LogP contribution in [-0.4, -0.2) is 44.0 Å². The Bertz CT molecular complexity index is 916. The average molecular weight is 366 g/mol. The summed E-state index contributed by atoms with van der Waals surface area (Å²) in [6, 6.07) is 10.9. The Labute approximate surface area is 158 Å². The molecule has 0 unspecified atom stereocenters. The third-order valence-corrected chi connectivity index (χ3v) is 5.21. The molecule has 1 fully saturated rings. The van der Waals surface area contributed by atoms with Gasteiger partial charge in [-0.05, 0) is 43.8 Å². The first-order chi connectivity index (χ1) is 13.0. The van der Waals surface area contributed by atoms with Crippen molar-refractivity contribution in [1.82, 2.24) is 4.90 Å². The van der Waals surface area contributed by atoms with Crippen LogP contribution in [0.25, 0.3) is 5.57 Å². The third-order valence-electron chi connectivity index (χ3n) is 5.21. The number of carbonyl (C=O) groups is 1. The van der Waals surface area contributed by atoms with Crippen molar-refractivity contribution in [3.63, 3.8) is 0 Å². The van der Waals surface area contributed by atoms with Gasteiger partial charge in [-0.2, -0.15) is 0 Å². The van der Waals surface area contributed by atoms with Crippen molar-refractivity contribution in [2.75, 3.05) is 48.8 Å². The summed E-state index contributed by atoms with van der Waals surface area (Å²) < 4.78 is 14.6. The monoisotopic (exact) mass is 366 g/mol. The molecule has 2 aliphatic rings. The number of nitrogens with one attached hydrogen (secondary N) is 2. The number of hydrogen-bond donors (Lipinski definition) is 2. The van der Waals surface area contributed by atoms with Crippen LogP contribution >= 0.6 is 0 Å². The molecule has 6 heteroatoms. The molecular formula is C21H23FN4O. The zero-order chi connectivity index (χ0) is 19.0. The first-order valence-electron chi connectivity index (χ1n) is 9.14. The Hall–Kier alpha value is -2.86. The van der Waals surface area contributed by atoms with E-state index in [0.29, 0.717) is 16.9 Å². The van der Waals surface area contributed by atoms with Crippen LogP contribution in [-0.2, 0) is 4.79 Å². The Morgan fingerprint density at radius 3 is 2.67 bits per heavy atom. The van der Waals surface area contributed by atoms with Gasteiger partial charge in [0.2, 0.25) is 0 Å². The number of aryl methyl sites for hydroxylation is 1. The van der Waals surface area contributed by atoms with E-state index in [1.165, 1.54) is 6.07 Å². The largest absolute Gasteiger partial charge is 0.367 e. The van der Waals surface area contributed by atoms with E-state index in [-0.39, 0.29) is 11.7 Å². The number of halogens is 1. The molecule has 2 aromatic carbocycles. The Morgan fingerprint density at radius 1 is 1.15 bits per heavy atom. The maximum Gasteiger partial charge on any atom is 0.257 e. The van der Waals surface area contributed by atoms with E-state index in [0.717, 1.165) is 43.0 Å². The van der Waals surface area contributed by atoms with Crippen LogP contribution in [0.5, 0.6) is 0 Å². The van der Waals surface area contributed by atoms with Gasteiger partial charge in [0.15, 0.2) is 0 Å². The highest BCUT2D eigenvalue weighted by molar-refractivity contribution is 6.32. The van der Waals surface area contributed by atoms with Gasteiger partial charge in [0.1, 0.15) is 5.82 Å². The van der Waals surface area contributed by atoms with Crippen LogP contribution in [0.15, 0.2) is 42.6 Å². The molecular weight excluding hydrogens is 343 g/mol. The molecule has 0 spiro atoms. The topological polar surface area (TPSA) is 47.6 Å². The molecule has 0 saturated carbocycles. The molecule has 1 amide bonds. The quantitative estimate of drug-likeness (QED) is 0.819. The first-order valence-corrected chi connectivity index (χ1v) is 9.14. The highest BCUT2D eigenvalue weighted by Gasteiger charge is 2.25. The lowest BCUT2D eigenvalue weighted by molar-refractivity contribution is -0.110. The summed E-state index contributed by atoms with van der Waals surface area (Å²) in [6.07, 6.45) is 1.65. The molecule has 0 radical (unpaired) electrons. The molecule has 1 saturated heterocycles. The zero-order valence-corrected chi connectivity index (χ0v) is 15.6. The fourth-order valence-electron chi connectivity index (χ4n) is 3.63. The third kappa shape index (κ3) is 3.40. The van der Waals surface area contributed by atoms with E-state index >= 15 is 0 Å². The molecule has 2 aliphatic heterocycles. The number of hydrogen-bond acceptors (Lipinski definition) is 4. The molecule has 0 aromatic heterocycles. The molecule has 5 nitrogen and oxygen atoms in total. The molecule has 2 heterocycles. The van der Waals surface area contributed by atoms with Gasteiger partial charge in [0.25, 0.3) is 5.91 Å². The van der Waals surface area contributed by atoms with Gasteiger partial charge in [-0.1, -0.05) is 12.1 Å². The number of nitrogens with zero attached hydrogens (tertiary/aromatic N) is 2. The van der Waals surface area contributed by atoms with E-state index in [1.54, 1.807) is 12.3 Å². The molecule has 0 aliphatic carbocycles. The second kappa shape index (κ2) is 7.04. The number of benzene rings is 2. The molecule has 2 aromatic rings. The van der Waals surface area contributed by atoms with Crippen LogP contribution in [0.2, 0.25) is 0 Å². The van der Waals surface area contributed by atoms with Crippen molar-refractivity contribution in [3.05, 3.63) is 59.5 Å². The van der Waals surface area contributed by atoms with Gasteiger partial charge >= 0.3 is 0 Å². The summed E-state index contributed by atoms with van der Waals surface area (Å²) in [4.78, 5) is 16.6. The molecule has 0 bridgehead atoms. The van der Waals surface area contributed by atoms with Gasteiger partial charge in [0.05, 0.1) is 11.3 Å². The second-order valence-corrected chi connectivity index (χ2v) is 7.11. The Morgan fingerprint density at radius 2 is 1.93 bits per heavy atom. The molecule has 4 rings (SSSR count). The lowest BCUT2D eigenvalue weighted by Gasteiger charge is -2.34. The Kier molecular flexibility index (Phi) is 4.58. The van der Waals surface area contributed by atoms with E-state index < -0.39 is 0 Å². The zero-order valence-electron chi connectivity index (χ0n) is 15.6. The van der Waals surface area contributed by atoms with Gasteiger partial charge < -0.3 is 20.4 Å². The first kappa shape index (κ1) is 17.5. The smallest absolute Gasteiger partial charge is 0.257 e. The van der Waals surface area contributed by atoms with Crippen molar-refractivity contribution in [2.24, 2.45) is 0 Å². The highest BCUT2D eigenvalue weighted by Crippen LogP contribution is 2.34. The minimum atomic E-state index is -0.254. The second-order valence-electron chi connectivity index (χ2n) is 7.11. The predicted molar refractivity (Wildman–Crippen MR) is 108 cm³/mol. The fourth-order valence-corrected chi connectivity index (χ4v) is 3.63. The maximum atomic E-state index is 14.6. The van der Waals surface area contributed by atoms with Crippen LogP contribution < -0.4 is 15.5 Å². The summed E-state index contributed by atoms with van der Waals surface area (Å²) in [6.45, 7) is 5.47. The fraction of sp³-hybridized carbons (Fsp3) is 0.286. The molecule has 0 atom stereocenters. The number of anilines is 3. The molecule has 27 heavy (non-hydrogen) atoms. The summed E-state index contributed by atoms with van der Waals surface area (Å²) in [5.41, 5.74) is 4.53. The maximum absolute atomic E-state index is 14.6. The standard InChI is InChI=1S/C21H23FN4O/c1-14-4-3-5-18-20(14)16(21(27)24-18)13-23-15-6-7-19(17(22)12-15)26-10-8-25(2)9-11-26/h3-7,12-13,23H,8-11H2,1-2H3,(H,24,27)/b16-13+. The van der Waals surface area contributed by atoms with E-state index in [2.05, 4.69) is 27.5 Å². The number of piperazine rings is 1. The highest BCUT2D eigenvalue weighted by atomic mass is 19.1. The van der Waals surface area contributed by atoms with Crippen molar-refractivity contribution < 1.29 is 9.18 Å². The summed E-state index contributed by atoms with van der Waals surface area (Å²) in [5.74, 6) is -0.406. The van der Waals surface area contributed by atoms with Crippen LogP contribution in [0.4, 0.5) is 21.5 Å². The van der Waals surface area contributed by atoms with Gasteiger partial charge in [-0.3, -0.25) is 4.79 Å². The van der Waals surface area contributed by atoms with E-state index in [1.807, 2.05) is 31.2 Å². The average Bonchev–Trinajstić information content (AvgIpc) is 2.97. The van der Waals surface area contributed by atoms with E-state index in [4.69, 9.17) is 0 Å². The normalized spacial score (nSPS) is 18.6. The lowest BCUT2D eigenvalue weighted by Crippen LogP contribution is -2.44. The van der Waals surface area contributed by atoms with Crippen molar-refractivity contribution in [2.45, 2.75) is 6.92 Å². The Balaban J connectivity index is 1.54. The van der Waals surface area contributed by atoms with Gasteiger partial charge in [-0.25, -0.2) is 4.39 Å². The minimum absolute atomic E-state index is 0.152. The summed E-state index contributed by atoms with van der Waals surface area (Å²) >= 11 is 0. The van der Waals surface area contributed by atoms with Gasteiger partial charge in [-0.15, -0.1) is 0 Å².